The molecule has 42 heavy (non-hydrogen) atoms. The second-order valence-electron chi connectivity index (χ2n) is 9.79. The van der Waals surface area contributed by atoms with Gasteiger partial charge in [0.25, 0.3) is 11.8 Å². The summed E-state index contributed by atoms with van der Waals surface area (Å²) in [6.07, 6.45) is 12.3. The maximum atomic E-state index is 12.9. The molecule has 2 rings (SSSR count). The van der Waals surface area contributed by atoms with Gasteiger partial charge in [0.15, 0.2) is 5.12 Å². The maximum absolute atomic E-state index is 12.9. The minimum Gasteiger partial charge on any atom is -0.456 e. The summed E-state index contributed by atoms with van der Waals surface area (Å²) in [7, 11) is 0. The van der Waals surface area contributed by atoms with Crippen LogP contribution in [0.5, 0.6) is 0 Å². The van der Waals surface area contributed by atoms with Gasteiger partial charge in [-0.15, -0.1) is 11.8 Å². The largest absolute Gasteiger partial charge is 0.456 e. The summed E-state index contributed by atoms with van der Waals surface area (Å²) in [4.78, 5) is 68.5. The molecule has 1 aromatic rings. The molecule has 10 nitrogen and oxygen atoms in total. The van der Waals surface area contributed by atoms with Gasteiger partial charge >= 0.3 is 5.97 Å². The summed E-state index contributed by atoms with van der Waals surface area (Å²) in [5, 5.41) is 8.00. The number of cyclic esters (lactones) is 1. The van der Waals surface area contributed by atoms with Gasteiger partial charge in [0.1, 0.15) is 23.5 Å². The Kier molecular flexibility index (Phi) is 16.0. The van der Waals surface area contributed by atoms with Crippen LogP contribution in [0.25, 0.3) is 0 Å². The van der Waals surface area contributed by atoms with E-state index in [0.717, 1.165) is 24.2 Å². The molecular formula is C30H42N4O6S2. The zero-order valence-electron chi connectivity index (χ0n) is 24.8. The molecule has 1 aliphatic rings. The summed E-state index contributed by atoms with van der Waals surface area (Å²) < 4.78 is 5.56. The number of hydrogen-bond acceptors (Lipinski definition) is 9. The van der Waals surface area contributed by atoms with Crippen LogP contribution in [-0.4, -0.2) is 57.9 Å². The molecular weight excluding hydrogens is 576 g/mol. The van der Waals surface area contributed by atoms with E-state index >= 15 is 0 Å². The normalized spacial score (nSPS) is 19.8. The van der Waals surface area contributed by atoms with Crippen molar-refractivity contribution in [1.82, 2.24) is 20.9 Å². The predicted molar refractivity (Wildman–Crippen MR) is 166 cm³/mol. The third kappa shape index (κ3) is 12.8. The Balaban J connectivity index is 2.11. The number of amides is 3. The molecule has 2 bridgehead atoms. The van der Waals surface area contributed by atoms with E-state index < -0.39 is 29.9 Å². The summed E-state index contributed by atoms with van der Waals surface area (Å²) in [6.45, 7) is 5.26. The van der Waals surface area contributed by atoms with Crippen LogP contribution >= 0.6 is 23.5 Å². The Bertz CT molecular complexity index is 1170. The number of aromatic nitrogens is 1. The molecule has 0 saturated carbocycles. The second kappa shape index (κ2) is 19.1. The molecule has 0 saturated heterocycles. The molecule has 0 aliphatic carbocycles. The van der Waals surface area contributed by atoms with Gasteiger partial charge in [-0.25, -0.2) is 9.78 Å². The van der Waals surface area contributed by atoms with Crippen molar-refractivity contribution in [3.8, 4) is 0 Å². The number of hydrogen-bond donors (Lipinski definition) is 3. The van der Waals surface area contributed by atoms with Crippen molar-refractivity contribution in [2.24, 2.45) is 0 Å². The Morgan fingerprint density at radius 3 is 2.60 bits per heavy atom. The van der Waals surface area contributed by atoms with E-state index in [-0.39, 0.29) is 35.4 Å². The molecule has 0 spiro atoms. The average Bonchev–Trinajstić information content (AvgIpc) is 2.97. The number of pyridine rings is 1. The smallest absolute Gasteiger partial charge is 0.328 e. The van der Waals surface area contributed by atoms with Crippen molar-refractivity contribution in [3.05, 3.63) is 47.4 Å². The highest BCUT2D eigenvalue weighted by Crippen LogP contribution is 2.18. The quantitative estimate of drug-likeness (QED) is 0.108. The van der Waals surface area contributed by atoms with Crippen LogP contribution in [0, 0.1) is 0 Å². The standard InChI is InChI=1S/C30H42N4O6S2/c1-5-7-8-9-10-14-27(36)42-15-12-11-13-22-17-26(35)31-19-21-16-23(41-4)18-25(33-21)29(38)34-24(6-2)28(37)32-20(3)30(39)40-22/h6,11,13,16,18,20,22H,5,7-10,12,14-15,17,19H2,1-4H3,(H,31,35)(H,32,37)(H,34,38)/b13-11+,24-6-/t20-,22+/m0/s1. The summed E-state index contributed by atoms with van der Waals surface area (Å²) in [6, 6.07) is 2.31. The Morgan fingerprint density at radius 2 is 1.88 bits per heavy atom. The number of esters is 1. The van der Waals surface area contributed by atoms with Crippen LogP contribution in [0.3, 0.4) is 0 Å². The third-order valence-corrected chi connectivity index (χ3v) is 7.98. The van der Waals surface area contributed by atoms with Gasteiger partial charge in [-0.2, -0.15) is 0 Å². The van der Waals surface area contributed by atoms with Crippen molar-refractivity contribution in [2.75, 3.05) is 12.0 Å². The van der Waals surface area contributed by atoms with Crippen molar-refractivity contribution in [3.63, 3.8) is 0 Å². The molecule has 1 aromatic heterocycles. The van der Waals surface area contributed by atoms with Crippen LogP contribution in [0.15, 0.2) is 41.0 Å². The number of carbonyl (C=O) groups is 5. The lowest BCUT2D eigenvalue weighted by Crippen LogP contribution is -2.44. The van der Waals surface area contributed by atoms with E-state index in [1.165, 1.54) is 49.4 Å². The molecule has 3 N–H and O–H groups in total. The number of ether oxygens (including phenoxy) is 1. The van der Waals surface area contributed by atoms with E-state index in [1.807, 2.05) is 6.26 Å². The Labute approximate surface area is 256 Å². The molecule has 2 atom stereocenters. The molecule has 3 amide bonds. The van der Waals surface area contributed by atoms with E-state index in [4.69, 9.17) is 4.74 Å². The number of allylic oxidation sites excluding steroid dienone is 2. The van der Waals surface area contributed by atoms with Gasteiger partial charge in [0, 0.05) is 17.1 Å². The van der Waals surface area contributed by atoms with Crippen molar-refractivity contribution >= 4 is 52.3 Å². The molecule has 2 heterocycles. The summed E-state index contributed by atoms with van der Waals surface area (Å²) in [5.74, 6) is -1.79. The first kappa shape index (κ1) is 35.1. The molecule has 0 aromatic carbocycles. The van der Waals surface area contributed by atoms with Gasteiger partial charge in [0.05, 0.1) is 18.7 Å². The number of thioether (sulfide) groups is 2. The van der Waals surface area contributed by atoms with Crippen LogP contribution < -0.4 is 16.0 Å². The highest BCUT2D eigenvalue weighted by molar-refractivity contribution is 8.13. The monoisotopic (exact) mass is 618 g/mol. The van der Waals surface area contributed by atoms with E-state index in [9.17, 15) is 24.0 Å². The van der Waals surface area contributed by atoms with Crippen molar-refractivity contribution < 1.29 is 28.7 Å². The molecule has 0 fully saturated rings. The van der Waals surface area contributed by atoms with Crippen LogP contribution in [0.2, 0.25) is 0 Å². The van der Waals surface area contributed by atoms with Gasteiger partial charge in [-0.05, 0) is 51.2 Å². The first-order valence-electron chi connectivity index (χ1n) is 14.3. The second-order valence-corrected chi connectivity index (χ2v) is 11.8. The zero-order chi connectivity index (χ0) is 30.9. The minimum atomic E-state index is -1.05. The fourth-order valence-corrected chi connectivity index (χ4v) is 5.20. The number of unbranched alkanes of at least 4 members (excludes halogenated alkanes) is 4. The molecule has 0 radical (unpaired) electrons. The van der Waals surface area contributed by atoms with E-state index in [0.29, 0.717) is 24.3 Å². The van der Waals surface area contributed by atoms with Crippen molar-refractivity contribution in [2.45, 2.75) is 95.7 Å². The molecule has 230 valence electrons. The molecule has 0 unspecified atom stereocenters. The first-order valence-corrected chi connectivity index (χ1v) is 16.5. The number of carbonyl (C=O) groups excluding carboxylic acids is 5. The lowest BCUT2D eigenvalue weighted by atomic mass is 10.1. The van der Waals surface area contributed by atoms with Crippen LogP contribution in [0.1, 0.15) is 88.3 Å². The predicted octanol–water partition coefficient (Wildman–Crippen LogP) is 4.44. The highest BCUT2D eigenvalue weighted by Gasteiger charge is 2.25. The SMILES string of the molecule is C/C=C1\NC(=O)c2cc(SC)cc(n2)CNC(=O)C[C@@H](/C=C/CCSC(=O)CCCCCCC)OC(=O)[C@H](C)NC1=O. The fraction of sp³-hybridized carbons (Fsp3) is 0.533. The van der Waals surface area contributed by atoms with Gasteiger partial charge in [-0.1, -0.05) is 56.5 Å². The number of nitrogens with one attached hydrogen (secondary N) is 3. The topological polar surface area (TPSA) is 144 Å². The van der Waals surface area contributed by atoms with Gasteiger partial charge in [0.2, 0.25) is 5.91 Å². The van der Waals surface area contributed by atoms with E-state index in [2.05, 4.69) is 27.9 Å². The Hall–Kier alpha value is -3.12. The lowest BCUT2D eigenvalue weighted by molar-refractivity contribution is -0.151. The fourth-order valence-electron chi connectivity index (χ4n) is 3.94. The molecule has 1 aliphatic heterocycles. The first-order chi connectivity index (χ1) is 20.2. The minimum absolute atomic E-state index is 0.0394. The van der Waals surface area contributed by atoms with Crippen LogP contribution in [-0.2, 0) is 30.5 Å². The van der Waals surface area contributed by atoms with Gasteiger partial charge < -0.3 is 20.7 Å². The summed E-state index contributed by atoms with van der Waals surface area (Å²) >= 11 is 2.70. The number of nitrogens with zero attached hydrogens (tertiary/aromatic N) is 1. The zero-order valence-corrected chi connectivity index (χ0v) is 26.5. The number of fused-ring (bicyclic) bond motifs is 2. The van der Waals surface area contributed by atoms with E-state index in [1.54, 1.807) is 31.2 Å². The van der Waals surface area contributed by atoms with Crippen molar-refractivity contribution in [1.29, 1.82) is 0 Å². The molecule has 12 heteroatoms. The third-order valence-electron chi connectivity index (χ3n) is 6.31. The highest BCUT2D eigenvalue weighted by atomic mass is 32.2. The average molecular weight is 619 g/mol. The number of rotatable bonds is 11. The summed E-state index contributed by atoms with van der Waals surface area (Å²) in [5.41, 5.74) is 0.512. The lowest BCUT2D eigenvalue weighted by Gasteiger charge is -2.20. The van der Waals surface area contributed by atoms with Gasteiger partial charge in [-0.3, -0.25) is 19.2 Å². The van der Waals surface area contributed by atoms with Crippen LogP contribution in [0.4, 0.5) is 0 Å². The maximum Gasteiger partial charge on any atom is 0.328 e. The Morgan fingerprint density at radius 1 is 1.12 bits per heavy atom.